The Morgan fingerprint density at radius 1 is 1.08 bits per heavy atom. The SMILES string of the molecule is COc1ccc(COC[C@@H](C)/C=C/B2CC(C)(C)C(C)(C)C2)cc1. The van der Waals surface area contributed by atoms with Gasteiger partial charge in [0.1, 0.15) is 5.75 Å². The van der Waals surface area contributed by atoms with E-state index in [4.69, 9.17) is 9.47 Å². The molecule has 1 saturated heterocycles. The van der Waals surface area contributed by atoms with Gasteiger partial charge in [-0.3, -0.25) is 0 Å². The number of ether oxygens (including phenoxy) is 2. The molecule has 132 valence electrons. The topological polar surface area (TPSA) is 18.5 Å². The van der Waals surface area contributed by atoms with Crippen molar-refractivity contribution in [2.45, 2.75) is 53.9 Å². The predicted molar refractivity (Wildman–Crippen MR) is 104 cm³/mol. The van der Waals surface area contributed by atoms with Crippen LogP contribution in [-0.4, -0.2) is 20.4 Å². The van der Waals surface area contributed by atoms with Crippen LogP contribution in [0.3, 0.4) is 0 Å². The average Bonchev–Trinajstić information content (AvgIpc) is 2.73. The Balaban J connectivity index is 1.74. The molecule has 0 unspecified atom stereocenters. The summed E-state index contributed by atoms with van der Waals surface area (Å²) in [5, 5.41) is 0. The predicted octanol–water partition coefficient (Wildman–Crippen LogP) is 5.50. The van der Waals surface area contributed by atoms with Crippen LogP contribution >= 0.6 is 0 Å². The van der Waals surface area contributed by atoms with E-state index in [0.29, 0.717) is 30.1 Å². The van der Waals surface area contributed by atoms with Gasteiger partial charge in [-0.1, -0.05) is 65.5 Å². The summed E-state index contributed by atoms with van der Waals surface area (Å²) in [7, 11) is 1.69. The largest absolute Gasteiger partial charge is 0.497 e. The van der Waals surface area contributed by atoms with E-state index in [1.54, 1.807) is 7.11 Å². The highest BCUT2D eigenvalue weighted by molar-refractivity contribution is 6.65. The first-order valence-corrected chi connectivity index (χ1v) is 9.12. The summed E-state index contributed by atoms with van der Waals surface area (Å²) in [6.07, 6.45) is 4.92. The molecular formula is C21H33BO2. The Labute approximate surface area is 148 Å². The van der Waals surface area contributed by atoms with Gasteiger partial charge in [-0.05, 0) is 34.4 Å². The Morgan fingerprint density at radius 3 is 2.21 bits per heavy atom. The second-order valence-electron chi connectivity index (χ2n) is 8.66. The first-order valence-electron chi connectivity index (χ1n) is 9.12. The van der Waals surface area contributed by atoms with Crippen LogP contribution in [0.2, 0.25) is 12.6 Å². The minimum absolute atomic E-state index is 0.427. The zero-order valence-corrected chi connectivity index (χ0v) is 16.3. The molecule has 0 amide bonds. The molecule has 1 aliphatic rings. The number of hydrogen-bond donors (Lipinski definition) is 0. The van der Waals surface area contributed by atoms with Gasteiger partial charge in [-0.2, -0.15) is 0 Å². The van der Waals surface area contributed by atoms with Crippen LogP contribution in [0, 0.1) is 16.7 Å². The van der Waals surface area contributed by atoms with Crippen LogP contribution < -0.4 is 4.74 Å². The second-order valence-corrected chi connectivity index (χ2v) is 8.66. The van der Waals surface area contributed by atoms with E-state index < -0.39 is 0 Å². The highest BCUT2D eigenvalue weighted by Gasteiger charge is 2.46. The van der Waals surface area contributed by atoms with Gasteiger partial charge in [-0.25, -0.2) is 0 Å². The van der Waals surface area contributed by atoms with E-state index in [-0.39, 0.29) is 0 Å². The van der Waals surface area contributed by atoms with Crippen LogP contribution in [0.5, 0.6) is 5.75 Å². The van der Waals surface area contributed by atoms with Crippen LogP contribution in [-0.2, 0) is 11.3 Å². The molecule has 0 aliphatic carbocycles. The standard InChI is InChI=1S/C21H33BO2/c1-17(11-12-22-15-20(2,3)21(4,5)16-22)13-24-14-18-7-9-19(23-6)10-8-18/h7-12,17H,13-16H2,1-6H3/b12-11+/t17-/m0/s1. The third-order valence-corrected chi connectivity index (χ3v) is 5.90. The molecule has 24 heavy (non-hydrogen) atoms. The van der Waals surface area contributed by atoms with Gasteiger partial charge in [-0.15, -0.1) is 5.98 Å². The molecule has 0 saturated carbocycles. The molecule has 1 heterocycles. The van der Waals surface area contributed by atoms with Gasteiger partial charge < -0.3 is 9.47 Å². The summed E-state index contributed by atoms with van der Waals surface area (Å²) in [5.74, 6) is 3.77. The Kier molecular flexibility index (Phi) is 6.19. The molecular weight excluding hydrogens is 295 g/mol. The summed E-state index contributed by atoms with van der Waals surface area (Å²) in [6.45, 7) is 14.0. The van der Waals surface area contributed by atoms with E-state index in [2.05, 4.69) is 58.8 Å². The normalized spacial score (nSPS) is 20.5. The van der Waals surface area contributed by atoms with Crippen molar-refractivity contribution < 1.29 is 9.47 Å². The number of rotatable bonds is 7. The van der Waals surface area contributed by atoms with E-state index in [0.717, 1.165) is 12.4 Å². The lowest BCUT2D eigenvalue weighted by Gasteiger charge is -2.35. The molecule has 1 fully saturated rings. The maximum atomic E-state index is 5.86. The Hall–Kier alpha value is -1.22. The molecule has 0 radical (unpaired) electrons. The quantitative estimate of drug-likeness (QED) is 0.615. The summed E-state index contributed by atoms with van der Waals surface area (Å²) in [4.78, 5) is 0. The molecule has 0 N–H and O–H groups in total. The van der Waals surface area contributed by atoms with Crippen molar-refractivity contribution in [3.63, 3.8) is 0 Å². The van der Waals surface area contributed by atoms with Gasteiger partial charge >= 0.3 is 0 Å². The smallest absolute Gasteiger partial charge is 0.167 e. The summed E-state index contributed by atoms with van der Waals surface area (Å²) in [5.41, 5.74) is 2.04. The monoisotopic (exact) mass is 328 g/mol. The third-order valence-electron chi connectivity index (χ3n) is 5.90. The van der Waals surface area contributed by atoms with Crippen molar-refractivity contribution >= 4 is 6.71 Å². The fraction of sp³-hybridized carbons (Fsp3) is 0.619. The third kappa shape index (κ3) is 4.89. The van der Waals surface area contributed by atoms with Crippen molar-refractivity contribution in [2.24, 2.45) is 16.7 Å². The molecule has 2 rings (SSSR count). The van der Waals surface area contributed by atoms with Crippen LogP contribution in [0.25, 0.3) is 0 Å². The van der Waals surface area contributed by atoms with Gasteiger partial charge in [0, 0.05) is 0 Å². The number of hydrogen-bond acceptors (Lipinski definition) is 2. The van der Waals surface area contributed by atoms with Crippen molar-refractivity contribution in [3.8, 4) is 5.75 Å². The summed E-state index contributed by atoms with van der Waals surface area (Å²) >= 11 is 0. The van der Waals surface area contributed by atoms with Crippen LogP contribution in [0.1, 0.15) is 40.2 Å². The van der Waals surface area contributed by atoms with E-state index >= 15 is 0 Å². The first-order chi connectivity index (χ1) is 11.2. The zero-order valence-electron chi connectivity index (χ0n) is 16.3. The lowest BCUT2D eigenvalue weighted by Crippen LogP contribution is -2.24. The highest BCUT2D eigenvalue weighted by Crippen LogP contribution is 2.53. The fourth-order valence-electron chi connectivity index (χ4n) is 3.56. The van der Waals surface area contributed by atoms with Gasteiger partial charge in [0.25, 0.3) is 0 Å². The van der Waals surface area contributed by atoms with Crippen molar-refractivity contribution in [1.29, 1.82) is 0 Å². The second kappa shape index (κ2) is 7.78. The molecule has 0 aromatic heterocycles. The van der Waals surface area contributed by atoms with Gasteiger partial charge in [0.05, 0.1) is 20.3 Å². The van der Waals surface area contributed by atoms with Crippen molar-refractivity contribution in [2.75, 3.05) is 13.7 Å². The molecule has 1 aromatic rings. The van der Waals surface area contributed by atoms with E-state index in [1.165, 1.54) is 18.2 Å². The summed E-state index contributed by atoms with van der Waals surface area (Å²) in [6, 6.07) is 8.07. The van der Waals surface area contributed by atoms with Crippen LogP contribution in [0.4, 0.5) is 0 Å². The maximum Gasteiger partial charge on any atom is 0.167 e. The average molecular weight is 328 g/mol. The lowest BCUT2D eigenvalue weighted by molar-refractivity contribution is 0.104. The van der Waals surface area contributed by atoms with Crippen molar-refractivity contribution in [3.05, 3.63) is 41.9 Å². The molecule has 1 aliphatic heterocycles. The van der Waals surface area contributed by atoms with E-state index in [9.17, 15) is 0 Å². The molecule has 1 atom stereocenters. The van der Waals surface area contributed by atoms with Crippen LogP contribution in [0.15, 0.2) is 36.3 Å². The summed E-state index contributed by atoms with van der Waals surface area (Å²) < 4.78 is 11.0. The maximum absolute atomic E-state index is 5.86. The molecule has 2 nitrogen and oxygen atoms in total. The minimum Gasteiger partial charge on any atom is -0.497 e. The first kappa shape index (κ1) is 19.1. The highest BCUT2D eigenvalue weighted by atomic mass is 16.5. The number of benzene rings is 1. The van der Waals surface area contributed by atoms with Crippen molar-refractivity contribution in [1.82, 2.24) is 0 Å². The molecule has 0 bridgehead atoms. The zero-order chi connectivity index (χ0) is 17.8. The molecule has 1 aromatic carbocycles. The fourth-order valence-corrected chi connectivity index (χ4v) is 3.56. The Morgan fingerprint density at radius 2 is 1.67 bits per heavy atom. The molecule has 3 heteroatoms. The van der Waals surface area contributed by atoms with E-state index in [1.807, 2.05) is 12.1 Å². The van der Waals surface area contributed by atoms with Gasteiger partial charge in [0.2, 0.25) is 0 Å². The lowest BCUT2D eigenvalue weighted by atomic mass is 9.46. The van der Waals surface area contributed by atoms with Gasteiger partial charge in [0.15, 0.2) is 6.71 Å². The minimum atomic E-state index is 0.427. The Bertz CT molecular complexity index is 529. The molecule has 0 spiro atoms. The number of methoxy groups -OCH3 is 1.